The van der Waals surface area contributed by atoms with E-state index >= 15 is 0 Å². The summed E-state index contributed by atoms with van der Waals surface area (Å²) in [4.78, 5) is 15.4. The lowest BCUT2D eigenvalue weighted by molar-refractivity contribution is -0.0368. The molecule has 9 nitrogen and oxygen atoms in total. The van der Waals surface area contributed by atoms with E-state index in [1.807, 2.05) is 68.8 Å². The van der Waals surface area contributed by atoms with E-state index in [9.17, 15) is 4.79 Å². The predicted molar refractivity (Wildman–Crippen MR) is 159 cm³/mol. The van der Waals surface area contributed by atoms with Gasteiger partial charge in [-0.05, 0) is 55.2 Å². The highest BCUT2D eigenvalue weighted by Crippen LogP contribution is 2.31. The molecule has 1 amide bonds. The molecule has 5 rings (SSSR count). The van der Waals surface area contributed by atoms with Crippen LogP contribution in [-0.2, 0) is 11.3 Å². The second-order valence-electron chi connectivity index (χ2n) is 8.90. The SMILES string of the molecule is CC.CC.N/C=C1/CN(c2ccc3c(C(=O)NCc4ccc(Cl)cc4)nn(C4CCCCO4)c3c2)CCN1N. The molecule has 1 unspecified atom stereocenters. The molecule has 1 atom stereocenters. The maximum absolute atomic E-state index is 13.2. The Bertz CT molecular complexity index is 1240. The summed E-state index contributed by atoms with van der Waals surface area (Å²) in [7, 11) is 0. The summed E-state index contributed by atoms with van der Waals surface area (Å²) in [6.45, 7) is 11.1. The van der Waals surface area contributed by atoms with E-state index in [0.29, 0.717) is 37.0 Å². The molecular weight excluding hydrogens is 514 g/mol. The lowest BCUT2D eigenvalue weighted by Crippen LogP contribution is -2.48. The van der Waals surface area contributed by atoms with E-state index in [0.717, 1.165) is 53.7 Å². The number of aromatic nitrogens is 2. The van der Waals surface area contributed by atoms with Crippen LogP contribution in [0.1, 0.15) is 69.2 Å². The largest absolute Gasteiger partial charge is 0.403 e. The van der Waals surface area contributed by atoms with Gasteiger partial charge in [-0.15, -0.1) is 0 Å². The van der Waals surface area contributed by atoms with E-state index in [1.165, 1.54) is 0 Å². The molecule has 39 heavy (non-hydrogen) atoms. The molecule has 2 saturated heterocycles. The van der Waals surface area contributed by atoms with Crippen molar-refractivity contribution in [3.63, 3.8) is 0 Å². The zero-order valence-corrected chi connectivity index (χ0v) is 24.2. The Hall–Kier alpha value is -3.27. The molecule has 0 bridgehead atoms. The molecule has 2 aliphatic heterocycles. The topological polar surface area (TPSA) is 115 Å². The van der Waals surface area contributed by atoms with Crippen molar-refractivity contribution in [2.45, 2.75) is 59.7 Å². The predicted octanol–water partition coefficient (Wildman–Crippen LogP) is 5.17. The highest BCUT2D eigenvalue weighted by Gasteiger charge is 2.26. The van der Waals surface area contributed by atoms with Crippen LogP contribution in [0.5, 0.6) is 0 Å². The van der Waals surface area contributed by atoms with Gasteiger partial charge in [-0.2, -0.15) is 5.10 Å². The molecule has 0 saturated carbocycles. The molecule has 10 heteroatoms. The van der Waals surface area contributed by atoms with E-state index in [1.54, 1.807) is 11.2 Å². The van der Waals surface area contributed by atoms with Crippen LogP contribution in [0, 0.1) is 0 Å². The molecule has 2 fully saturated rings. The van der Waals surface area contributed by atoms with Crippen LogP contribution in [0.15, 0.2) is 54.4 Å². The van der Waals surface area contributed by atoms with Crippen LogP contribution in [0.2, 0.25) is 5.02 Å². The summed E-state index contributed by atoms with van der Waals surface area (Å²) in [6.07, 6.45) is 4.31. The van der Waals surface area contributed by atoms with Crippen LogP contribution in [0.3, 0.4) is 0 Å². The number of hydrazine groups is 1. The Labute approximate surface area is 236 Å². The summed E-state index contributed by atoms with van der Waals surface area (Å²) in [5.41, 5.74) is 9.89. The number of nitrogens with zero attached hydrogens (tertiary/aromatic N) is 4. The number of benzene rings is 2. The fourth-order valence-corrected chi connectivity index (χ4v) is 4.73. The first-order valence-corrected chi connectivity index (χ1v) is 14.3. The summed E-state index contributed by atoms with van der Waals surface area (Å²) in [5.74, 6) is 5.81. The minimum Gasteiger partial charge on any atom is -0.403 e. The summed E-state index contributed by atoms with van der Waals surface area (Å²) in [6, 6.07) is 13.5. The number of carbonyl (C=O) groups is 1. The quantitative estimate of drug-likeness (QED) is 0.372. The standard InChI is InChI=1S/C25H30ClN7O2.2C2H6/c26-18-6-4-17(5-7-18)15-29-25(34)24-21-9-8-19(31-10-11-32(28)20(14-27)16-31)13-22(21)33(30-24)23-3-1-2-12-35-23;2*1-2/h4-9,13-14,23H,1-3,10-12,15-16,27-28H2,(H,29,34);2*1-2H3/b20-14-;;. The van der Waals surface area contributed by atoms with Crippen molar-refractivity contribution in [2.24, 2.45) is 11.6 Å². The second-order valence-corrected chi connectivity index (χ2v) is 9.33. The molecule has 0 spiro atoms. The number of carbonyl (C=O) groups excluding carboxylic acids is 1. The van der Waals surface area contributed by atoms with Crippen molar-refractivity contribution in [3.8, 4) is 0 Å². The fraction of sp³-hybridized carbons (Fsp3) is 0.448. The Morgan fingerprint density at radius 3 is 2.54 bits per heavy atom. The monoisotopic (exact) mass is 555 g/mol. The number of nitrogens with two attached hydrogens (primary N) is 2. The smallest absolute Gasteiger partial charge is 0.272 e. The second kappa shape index (κ2) is 14.8. The highest BCUT2D eigenvalue weighted by atomic mass is 35.5. The third-order valence-electron chi connectivity index (χ3n) is 6.59. The lowest BCUT2D eigenvalue weighted by Gasteiger charge is -2.36. The van der Waals surface area contributed by atoms with Crippen molar-refractivity contribution < 1.29 is 9.53 Å². The van der Waals surface area contributed by atoms with Crippen LogP contribution in [0.4, 0.5) is 5.69 Å². The van der Waals surface area contributed by atoms with Gasteiger partial charge in [0.2, 0.25) is 0 Å². The zero-order valence-electron chi connectivity index (χ0n) is 23.5. The van der Waals surface area contributed by atoms with Gasteiger partial charge in [-0.3, -0.25) is 4.79 Å². The first-order valence-electron chi connectivity index (χ1n) is 13.9. The third kappa shape index (κ3) is 7.23. The molecule has 5 N–H and O–H groups in total. The van der Waals surface area contributed by atoms with E-state index in [-0.39, 0.29) is 12.1 Å². The Balaban J connectivity index is 0.00000100. The summed E-state index contributed by atoms with van der Waals surface area (Å²) in [5, 5.41) is 10.9. The van der Waals surface area contributed by atoms with Crippen molar-refractivity contribution >= 4 is 34.1 Å². The van der Waals surface area contributed by atoms with Gasteiger partial charge < -0.3 is 25.7 Å². The third-order valence-corrected chi connectivity index (χ3v) is 6.84. The number of ether oxygens (including phenoxy) is 1. The fourth-order valence-electron chi connectivity index (χ4n) is 4.60. The van der Waals surface area contributed by atoms with Crippen LogP contribution in [0.25, 0.3) is 10.9 Å². The number of anilines is 1. The van der Waals surface area contributed by atoms with Crippen molar-refractivity contribution in [1.82, 2.24) is 20.1 Å². The van der Waals surface area contributed by atoms with E-state index < -0.39 is 0 Å². The van der Waals surface area contributed by atoms with E-state index in [4.69, 9.17) is 33.0 Å². The maximum atomic E-state index is 13.2. The molecule has 2 aromatic carbocycles. The van der Waals surface area contributed by atoms with Crippen molar-refractivity contribution in [2.75, 3.05) is 31.1 Å². The maximum Gasteiger partial charge on any atom is 0.272 e. The van der Waals surface area contributed by atoms with Crippen molar-refractivity contribution in [1.29, 1.82) is 0 Å². The Morgan fingerprint density at radius 1 is 1.13 bits per heavy atom. The molecule has 0 radical (unpaired) electrons. The van der Waals surface area contributed by atoms with Gasteiger partial charge in [0.25, 0.3) is 5.91 Å². The van der Waals surface area contributed by atoms with Crippen LogP contribution < -0.4 is 21.8 Å². The van der Waals surface area contributed by atoms with Gasteiger partial charge in [0.1, 0.15) is 0 Å². The normalized spacial score (nSPS) is 18.2. The molecule has 212 valence electrons. The number of halogens is 1. The molecule has 1 aromatic heterocycles. The molecule has 3 heterocycles. The summed E-state index contributed by atoms with van der Waals surface area (Å²) >= 11 is 5.97. The van der Waals surface area contributed by atoms with Crippen LogP contribution >= 0.6 is 11.6 Å². The molecular formula is C29H42ClN7O2. The number of fused-ring (bicyclic) bond motifs is 1. The van der Waals surface area contributed by atoms with Gasteiger partial charge in [-0.1, -0.05) is 51.4 Å². The van der Waals surface area contributed by atoms with E-state index in [2.05, 4.69) is 16.3 Å². The molecule has 3 aromatic rings. The number of hydrogen-bond donors (Lipinski definition) is 3. The first kappa shape index (κ1) is 30.3. The van der Waals surface area contributed by atoms with Crippen LogP contribution in [-0.4, -0.2) is 46.9 Å². The molecule has 0 aliphatic carbocycles. The number of nitrogens with one attached hydrogen (secondary N) is 1. The average Bonchev–Trinajstić information content (AvgIpc) is 3.38. The number of rotatable bonds is 5. The zero-order chi connectivity index (χ0) is 28.4. The van der Waals surface area contributed by atoms with Gasteiger partial charge in [-0.25, -0.2) is 10.5 Å². The summed E-state index contributed by atoms with van der Waals surface area (Å²) < 4.78 is 7.90. The van der Waals surface area contributed by atoms with Gasteiger partial charge in [0.05, 0.1) is 24.3 Å². The molecule has 2 aliphatic rings. The van der Waals surface area contributed by atoms with Gasteiger partial charge >= 0.3 is 0 Å². The number of amides is 1. The van der Waals surface area contributed by atoms with Gasteiger partial charge in [0.15, 0.2) is 11.9 Å². The first-order chi connectivity index (χ1) is 19.0. The minimum atomic E-state index is -0.225. The highest BCUT2D eigenvalue weighted by molar-refractivity contribution is 6.30. The average molecular weight is 556 g/mol. The van der Waals surface area contributed by atoms with Crippen molar-refractivity contribution in [3.05, 3.63) is 70.6 Å². The van der Waals surface area contributed by atoms with Gasteiger partial charge in [0, 0.05) is 42.0 Å². The lowest BCUT2D eigenvalue weighted by atomic mass is 10.1. The Kier molecular flexibility index (Phi) is 11.5. The Morgan fingerprint density at radius 2 is 1.87 bits per heavy atom. The number of hydrogen-bond acceptors (Lipinski definition) is 7. The number of piperazine rings is 1. The minimum absolute atomic E-state index is 0.195.